The minimum atomic E-state index is 0.615. The molecule has 0 bridgehead atoms. The van der Waals surface area contributed by atoms with E-state index in [4.69, 9.17) is 0 Å². The predicted octanol–water partition coefficient (Wildman–Crippen LogP) is 1.72. The minimum Gasteiger partial charge on any atom is -0.317 e. The van der Waals surface area contributed by atoms with Crippen LogP contribution in [0.2, 0.25) is 0 Å². The van der Waals surface area contributed by atoms with Crippen molar-refractivity contribution >= 4 is 0 Å². The highest BCUT2D eigenvalue weighted by Crippen LogP contribution is 2.34. The van der Waals surface area contributed by atoms with Gasteiger partial charge in [0.2, 0.25) is 0 Å². The molecule has 2 heteroatoms. The van der Waals surface area contributed by atoms with Gasteiger partial charge in [0, 0.05) is 6.54 Å². The first-order valence-electron chi connectivity index (χ1n) is 5.54. The third-order valence-electron chi connectivity index (χ3n) is 3.10. The van der Waals surface area contributed by atoms with Crippen LogP contribution in [0.5, 0.6) is 0 Å². The van der Waals surface area contributed by atoms with Crippen molar-refractivity contribution in [1.29, 1.82) is 0 Å². The zero-order chi connectivity index (χ0) is 9.73. The van der Waals surface area contributed by atoms with Crippen LogP contribution >= 0.6 is 0 Å². The van der Waals surface area contributed by atoms with E-state index in [0.717, 1.165) is 0 Å². The Labute approximate surface area is 82.7 Å². The van der Waals surface area contributed by atoms with Gasteiger partial charge in [0.15, 0.2) is 0 Å². The Kier molecular flexibility index (Phi) is 4.20. The molecule has 0 saturated carbocycles. The highest BCUT2D eigenvalue weighted by atomic mass is 15.1. The van der Waals surface area contributed by atoms with Gasteiger partial charge < -0.3 is 10.2 Å². The maximum Gasteiger partial charge on any atom is 0.00328 e. The average Bonchev–Trinajstić information content (AvgIpc) is 2.04. The summed E-state index contributed by atoms with van der Waals surface area (Å²) in [5.41, 5.74) is 0.615. The van der Waals surface area contributed by atoms with Crippen LogP contribution in [0.15, 0.2) is 0 Å². The second-order valence-electron chi connectivity index (χ2n) is 4.74. The van der Waals surface area contributed by atoms with Crippen molar-refractivity contribution in [3.05, 3.63) is 0 Å². The number of rotatable bonds is 4. The lowest BCUT2D eigenvalue weighted by Gasteiger charge is -2.39. The molecule has 0 unspecified atom stereocenters. The molecule has 1 fully saturated rings. The second kappa shape index (κ2) is 4.97. The van der Waals surface area contributed by atoms with Gasteiger partial charge in [0.1, 0.15) is 0 Å². The summed E-state index contributed by atoms with van der Waals surface area (Å²) in [4.78, 5) is 2.35. The summed E-state index contributed by atoms with van der Waals surface area (Å²) >= 11 is 0. The molecule has 0 atom stereocenters. The summed E-state index contributed by atoms with van der Waals surface area (Å²) in [6, 6.07) is 0. The van der Waals surface area contributed by atoms with E-state index < -0.39 is 0 Å². The van der Waals surface area contributed by atoms with Crippen molar-refractivity contribution in [1.82, 2.24) is 10.2 Å². The molecule has 13 heavy (non-hydrogen) atoms. The lowest BCUT2D eigenvalue weighted by Crippen LogP contribution is -2.42. The first-order chi connectivity index (χ1) is 6.18. The van der Waals surface area contributed by atoms with Crippen molar-refractivity contribution in [3.63, 3.8) is 0 Å². The van der Waals surface area contributed by atoms with Gasteiger partial charge in [-0.15, -0.1) is 0 Å². The number of hydrogen-bond donors (Lipinski definition) is 1. The minimum absolute atomic E-state index is 0.615. The average molecular weight is 184 g/mol. The Morgan fingerprint density at radius 3 is 2.31 bits per heavy atom. The maximum absolute atomic E-state index is 3.45. The normalized spacial score (nSPS) is 22.2. The molecule has 1 N–H and O–H groups in total. The van der Waals surface area contributed by atoms with Crippen LogP contribution < -0.4 is 5.32 Å². The van der Waals surface area contributed by atoms with E-state index in [2.05, 4.69) is 31.2 Å². The Balaban J connectivity index is 2.50. The monoisotopic (exact) mass is 184 g/mol. The zero-order valence-corrected chi connectivity index (χ0v) is 9.40. The summed E-state index contributed by atoms with van der Waals surface area (Å²) < 4.78 is 0. The van der Waals surface area contributed by atoms with Crippen LogP contribution in [-0.4, -0.2) is 38.6 Å². The summed E-state index contributed by atoms with van der Waals surface area (Å²) in [6.45, 7) is 6.00. The van der Waals surface area contributed by atoms with Crippen LogP contribution in [0.1, 0.15) is 32.6 Å². The standard InChI is InChI=1S/C11H24N2/c1-4-5-11(10-13(2)3)6-8-12-9-7-11/h12H,4-10H2,1-3H3. The van der Waals surface area contributed by atoms with E-state index in [1.54, 1.807) is 0 Å². The van der Waals surface area contributed by atoms with Gasteiger partial charge in [0.25, 0.3) is 0 Å². The molecule has 1 rings (SSSR count). The largest absolute Gasteiger partial charge is 0.317 e. The fraction of sp³-hybridized carbons (Fsp3) is 1.00. The van der Waals surface area contributed by atoms with Crippen molar-refractivity contribution in [3.8, 4) is 0 Å². The van der Waals surface area contributed by atoms with Gasteiger partial charge in [-0.3, -0.25) is 0 Å². The molecular formula is C11H24N2. The molecule has 1 aliphatic heterocycles. The molecule has 0 aromatic heterocycles. The van der Waals surface area contributed by atoms with Crippen LogP contribution in [0.25, 0.3) is 0 Å². The van der Waals surface area contributed by atoms with Gasteiger partial charge in [-0.05, 0) is 51.9 Å². The molecule has 0 aliphatic carbocycles. The van der Waals surface area contributed by atoms with Crippen molar-refractivity contribution in [2.24, 2.45) is 5.41 Å². The van der Waals surface area contributed by atoms with Crippen molar-refractivity contribution in [2.45, 2.75) is 32.6 Å². The van der Waals surface area contributed by atoms with E-state index in [0.29, 0.717) is 5.41 Å². The Bertz CT molecular complexity index is 132. The van der Waals surface area contributed by atoms with Crippen LogP contribution in [0, 0.1) is 5.41 Å². The van der Waals surface area contributed by atoms with E-state index >= 15 is 0 Å². The molecule has 0 aromatic carbocycles. The Morgan fingerprint density at radius 1 is 1.23 bits per heavy atom. The summed E-state index contributed by atoms with van der Waals surface area (Å²) in [5, 5.41) is 3.45. The highest BCUT2D eigenvalue weighted by molar-refractivity contribution is 4.86. The van der Waals surface area contributed by atoms with Crippen molar-refractivity contribution < 1.29 is 0 Å². The van der Waals surface area contributed by atoms with Gasteiger partial charge in [-0.2, -0.15) is 0 Å². The third-order valence-corrected chi connectivity index (χ3v) is 3.10. The third kappa shape index (κ3) is 3.28. The molecule has 78 valence electrons. The Morgan fingerprint density at radius 2 is 1.85 bits per heavy atom. The van der Waals surface area contributed by atoms with Gasteiger partial charge >= 0.3 is 0 Å². The van der Waals surface area contributed by atoms with E-state index in [-0.39, 0.29) is 0 Å². The first-order valence-corrected chi connectivity index (χ1v) is 5.54. The second-order valence-corrected chi connectivity index (χ2v) is 4.74. The fourth-order valence-electron chi connectivity index (χ4n) is 2.65. The van der Waals surface area contributed by atoms with Crippen LogP contribution in [-0.2, 0) is 0 Å². The SMILES string of the molecule is CCCC1(CN(C)C)CCNCC1. The van der Waals surface area contributed by atoms with Crippen molar-refractivity contribution in [2.75, 3.05) is 33.7 Å². The lowest BCUT2D eigenvalue weighted by atomic mass is 9.75. The summed E-state index contributed by atoms with van der Waals surface area (Å²) in [7, 11) is 4.39. The first kappa shape index (κ1) is 11.0. The van der Waals surface area contributed by atoms with E-state index in [1.807, 2.05) is 0 Å². The number of piperidine rings is 1. The van der Waals surface area contributed by atoms with Gasteiger partial charge in [-0.1, -0.05) is 13.3 Å². The highest BCUT2D eigenvalue weighted by Gasteiger charge is 2.31. The topological polar surface area (TPSA) is 15.3 Å². The molecule has 0 radical (unpaired) electrons. The Hall–Kier alpha value is -0.0800. The van der Waals surface area contributed by atoms with E-state index in [1.165, 1.54) is 45.3 Å². The quantitative estimate of drug-likeness (QED) is 0.715. The molecule has 1 aliphatic rings. The lowest BCUT2D eigenvalue weighted by molar-refractivity contribution is 0.130. The smallest absolute Gasteiger partial charge is 0.00328 e. The summed E-state index contributed by atoms with van der Waals surface area (Å²) in [5.74, 6) is 0. The molecule has 2 nitrogen and oxygen atoms in total. The molecule has 1 heterocycles. The zero-order valence-electron chi connectivity index (χ0n) is 9.40. The van der Waals surface area contributed by atoms with Crippen LogP contribution in [0.3, 0.4) is 0 Å². The van der Waals surface area contributed by atoms with Gasteiger partial charge in [0.05, 0.1) is 0 Å². The van der Waals surface area contributed by atoms with Crippen LogP contribution in [0.4, 0.5) is 0 Å². The summed E-state index contributed by atoms with van der Waals surface area (Å²) in [6.07, 6.45) is 5.44. The number of nitrogens with zero attached hydrogens (tertiary/aromatic N) is 1. The molecule has 1 saturated heterocycles. The van der Waals surface area contributed by atoms with E-state index in [9.17, 15) is 0 Å². The maximum atomic E-state index is 3.45. The molecule has 0 aromatic rings. The molecule has 0 amide bonds. The fourth-order valence-corrected chi connectivity index (χ4v) is 2.65. The number of hydrogen-bond acceptors (Lipinski definition) is 2. The molecule has 0 spiro atoms. The predicted molar refractivity (Wildman–Crippen MR) is 58.0 cm³/mol. The molecular weight excluding hydrogens is 160 g/mol. The number of nitrogens with one attached hydrogen (secondary N) is 1. The van der Waals surface area contributed by atoms with Gasteiger partial charge in [-0.25, -0.2) is 0 Å².